The number of nitrogens with zero attached hydrogens (tertiary/aromatic N) is 7. The van der Waals surface area contributed by atoms with Crippen LogP contribution in [0.3, 0.4) is 0 Å². The molecule has 2 unspecified atom stereocenters. The van der Waals surface area contributed by atoms with Crippen LogP contribution in [0.25, 0.3) is 32.6 Å². The van der Waals surface area contributed by atoms with Gasteiger partial charge in [-0.05, 0) is 93.7 Å². The van der Waals surface area contributed by atoms with E-state index in [-0.39, 0.29) is 96.9 Å². The van der Waals surface area contributed by atoms with Crippen molar-refractivity contribution in [1.29, 1.82) is 0 Å². The number of nitrogen functional groups attached to an aromatic ring is 1. The summed E-state index contributed by atoms with van der Waals surface area (Å²) in [5, 5.41) is 20.0. The molecule has 5 aromatic rings. The monoisotopic (exact) mass is 1240 g/mol. The van der Waals surface area contributed by atoms with Gasteiger partial charge in [-0.25, -0.2) is 14.4 Å². The number of rotatable bonds is 26. The fourth-order valence-electron chi connectivity index (χ4n) is 11.9. The first kappa shape index (κ1) is 64.6. The van der Waals surface area contributed by atoms with Gasteiger partial charge in [0.05, 0.1) is 89.7 Å². The second-order valence-corrected chi connectivity index (χ2v) is 24.9. The molecule has 7 atom stereocenters. The predicted molar refractivity (Wildman–Crippen MR) is 318 cm³/mol. The van der Waals surface area contributed by atoms with Gasteiger partial charge in [-0.3, -0.25) is 19.3 Å². The molecule has 0 aliphatic carbocycles. The number of carbonyl (C=O) groups is 3. The smallest absolute Gasteiger partial charge is 0.418 e. The number of carbonyl (C=O) groups excluding carboxylic acids is 3. The van der Waals surface area contributed by atoms with Crippen LogP contribution in [0.15, 0.2) is 41.9 Å². The number of aliphatic hydroxyl groups excluding tert-OH is 1. The van der Waals surface area contributed by atoms with Gasteiger partial charge >= 0.3 is 12.2 Å². The first-order valence-corrected chi connectivity index (χ1v) is 30.6. The van der Waals surface area contributed by atoms with Crippen LogP contribution in [0.5, 0.6) is 6.01 Å². The van der Waals surface area contributed by atoms with Gasteiger partial charge in [-0.15, -0.1) is 11.3 Å². The van der Waals surface area contributed by atoms with E-state index in [2.05, 4.69) is 35.8 Å². The highest BCUT2D eigenvalue weighted by atomic mass is 35.5. The fraction of sp³-hybridized carbons (Fsp3) is 0.583. The number of halogens is 5. The summed E-state index contributed by atoms with van der Waals surface area (Å²) in [7, 11) is 0. The number of amides is 3. The highest BCUT2D eigenvalue weighted by Crippen LogP contribution is 2.45. The minimum Gasteiger partial charge on any atom is -0.462 e. The molecular formula is C60H78ClF4N11O9S. The summed E-state index contributed by atoms with van der Waals surface area (Å²) in [5.74, 6) is -2.28. The molecule has 4 aliphatic rings. The lowest BCUT2D eigenvalue weighted by Gasteiger charge is -2.35. The predicted octanol–water partition coefficient (Wildman–Crippen LogP) is 7.44. The van der Waals surface area contributed by atoms with Gasteiger partial charge in [-0.1, -0.05) is 56.6 Å². The number of alkyl halides is 3. The van der Waals surface area contributed by atoms with E-state index in [9.17, 15) is 32.7 Å². The first-order chi connectivity index (χ1) is 41.0. The number of fused-ring (bicyclic) bond motifs is 3. The molecule has 86 heavy (non-hydrogen) atoms. The summed E-state index contributed by atoms with van der Waals surface area (Å²) in [6.07, 6.45) is -1.26. The summed E-state index contributed by atoms with van der Waals surface area (Å²) >= 11 is 8.24. The van der Waals surface area contributed by atoms with E-state index < -0.39 is 70.1 Å². The van der Waals surface area contributed by atoms with Crippen molar-refractivity contribution >= 4 is 63.2 Å². The highest BCUT2D eigenvalue weighted by Gasteiger charge is 2.45. The Balaban J connectivity index is 0.665. The van der Waals surface area contributed by atoms with Crippen LogP contribution in [-0.2, 0) is 39.5 Å². The molecule has 6 N–H and O–H groups in total. The Labute approximate surface area is 507 Å². The molecule has 2 aromatic carbocycles. The van der Waals surface area contributed by atoms with Crippen LogP contribution >= 0.6 is 22.9 Å². The van der Waals surface area contributed by atoms with Crippen LogP contribution in [-0.4, -0.2) is 181 Å². The number of hydrogen-bond acceptors (Lipinski definition) is 18. The topological polar surface area (TPSA) is 241 Å². The molecule has 20 nitrogen and oxygen atoms in total. The molecule has 0 saturated carbocycles. The number of likely N-dealkylation sites (tertiary alicyclic amines) is 2. The molecule has 4 saturated heterocycles. The molecule has 0 spiro atoms. The van der Waals surface area contributed by atoms with E-state index in [0.29, 0.717) is 51.9 Å². The van der Waals surface area contributed by atoms with Crippen LogP contribution < -0.4 is 31.3 Å². The van der Waals surface area contributed by atoms with Crippen LogP contribution in [0, 0.1) is 25.1 Å². The Morgan fingerprint density at radius 1 is 0.907 bits per heavy atom. The number of nitrogens with one attached hydrogen (secondary N) is 3. The van der Waals surface area contributed by atoms with E-state index >= 15 is 4.39 Å². The maximum Gasteiger partial charge on any atom is 0.418 e. The number of aliphatic hydroxyl groups is 1. The SMILES string of the molecule is Cc1cc(N)nc(-c2c(Cl)cc3c(N4CC5CCC(C4)N5)nc(OC[C@@H]4CCCN4CCCOCCOCCOCCOCC(=O)N[C@H](C(=O)N4C[C@H](O)C[C@H]4C(=O)N[C@@H](C)c4ccc(-c5scnc5C)cc4)C(C)(C)C)nc3c2F)c1C(F)(F)F. The summed E-state index contributed by atoms with van der Waals surface area (Å²) < 4.78 is 89.3. The van der Waals surface area contributed by atoms with Gasteiger partial charge in [0.25, 0.3) is 0 Å². The Hall–Kier alpha value is -5.90. The Morgan fingerprint density at radius 3 is 2.23 bits per heavy atom. The molecule has 0 radical (unpaired) electrons. The summed E-state index contributed by atoms with van der Waals surface area (Å²) in [6, 6.07) is 8.36. The Morgan fingerprint density at radius 2 is 1.58 bits per heavy atom. The Bertz CT molecular complexity index is 3160. The number of aromatic nitrogens is 4. The van der Waals surface area contributed by atoms with E-state index in [1.165, 1.54) is 17.9 Å². The number of pyridine rings is 1. The number of ether oxygens (including phenoxy) is 5. The third kappa shape index (κ3) is 15.9. The number of hydrogen-bond donors (Lipinski definition) is 5. The molecule has 4 fully saturated rings. The van der Waals surface area contributed by atoms with Crippen LogP contribution in [0.2, 0.25) is 5.02 Å². The zero-order valence-electron chi connectivity index (χ0n) is 49.4. The normalized spacial score (nSPS) is 20.7. The zero-order valence-corrected chi connectivity index (χ0v) is 51.0. The molecule has 4 aliphatic heterocycles. The molecule has 9 rings (SSSR count). The van der Waals surface area contributed by atoms with Crippen LogP contribution in [0.4, 0.5) is 29.2 Å². The minimum absolute atomic E-state index is 0.00682. The number of anilines is 2. The number of thiazole rings is 1. The van der Waals surface area contributed by atoms with Crippen molar-refractivity contribution < 1.29 is 60.7 Å². The molecule has 3 amide bonds. The van der Waals surface area contributed by atoms with E-state index in [1.807, 2.05) is 63.8 Å². The van der Waals surface area contributed by atoms with E-state index in [1.54, 1.807) is 16.8 Å². The second kappa shape index (κ2) is 28.5. The van der Waals surface area contributed by atoms with E-state index in [0.717, 1.165) is 73.0 Å². The van der Waals surface area contributed by atoms with Gasteiger partial charge in [0, 0.05) is 62.7 Å². The van der Waals surface area contributed by atoms with Crippen LogP contribution in [0.1, 0.15) is 94.6 Å². The third-order valence-electron chi connectivity index (χ3n) is 16.2. The van der Waals surface area contributed by atoms with Crippen molar-refractivity contribution in [2.45, 2.75) is 129 Å². The van der Waals surface area contributed by atoms with Crippen molar-refractivity contribution in [2.75, 3.05) is 103 Å². The standard InChI is InChI=1S/C60H78ClF4N11O9S/c1-34-25-46(66)70-52(49(34)60(63,64)65)48-44(61)27-43-51(50(48)62)72-58(73-55(43)75-28-39-14-15-40(29-75)69-39)85-31-41-9-7-16-74(41)17-8-18-81-19-20-82-21-22-83-23-24-84-32-47(78)71-54(59(4,5)6)57(80)76-30-42(77)26-45(76)56(79)68-35(2)37-10-12-38(13-11-37)53-36(3)67-33-86-53/h10-13,25,27,33,35,39-42,45,54,69,77H,7-9,14-24,26,28-32H2,1-6H3,(H2,66,70)(H,68,79)(H,71,78)/t35-,39?,40?,41-,42+,45-,54+/m0/s1. The third-order valence-corrected chi connectivity index (χ3v) is 17.4. The van der Waals surface area contributed by atoms with Gasteiger partial charge in [0.15, 0.2) is 5.82 Å². The maximum atomic E-state index is 16.9. The van der Waals surface area contributed by atoms with Crippen molar-refractivity contribution in [3.05, 3.63) is 75.1 Å². The lowest BCUT2D eigenvalue weighted by molar-refractivity contribution is -0.144. The summed E-state index contributed by atoms with van der Waals surface area (Å²) in [6.45, 7) is 15.2. The minimum atomic E-state index is -4.88. The molecule has 468 valence electrons. The average Bonchev–Trinajstić information content (AvgIpc) is 1.09. The zero-order chi connectivity index (χ0) is 61.5. The first-order valence-electron chi connectivity index (χ1n) is 29.4. The number of β-amino-alcohol motifs (C(OH)–C–C–N with tert-alkyl or cyclic N) is 1. The largest absolute Gasteiger partial charge is 0.462 e. The Kier molecular flexibility index (Phi) is 21.4. The van der Waals surface area contributed by atoms with Crippen molar-refractivity contribution in [3.63, 3.8) is 0 Å². The number of aryl methyl sites for hydroxylation is 2. The average molecular weight is 1240 g/mol. The molecule has 26 heteroatoms. The number of nitrogens with two attached hydrogens (primary N) is 1. The second-order valence-electron chi connectivity index (χ2n) is 23.7. The number of piperazine rings is 1. The molecule has 3 aromatic heterocycles. The van der Waals surface area contributed by atoms with Crippen molar-refractivity contribution in [3.8, 4) is 27.7 Å². The maximum absolute atomic E-state index is 16.9. The lowest BCUT2D eigenvalue weighted by atomic mass is 9.85. The van der Waals surface area contributed by atoms with Gasteiger partial charge < -0.3 is 60.3 Å². The van der Waals surface area contributed by atoms with Crippen molar-refractivity contribution in [1.82, 2.24) is 45.7 Å². The fourth-order valence-corrected chi connectivity index (χ4v) is 12.9. The van der Waals surface area contributed by atoms with Crippen molar-refractivity contribution in [2.24, 2.45) is 5.41 Å². The molecular weight excluding hydrogens is 1160 g/mol. The summed E-state index contributed by atoms with van der Waals surface area (Å²) in [5.41, 5.74) is 6.97. The van der Waals surface area contributed by atoms with Gasteiger partial charge in [0.1, 0.15) is 42.4 Å². The quantitative estimate of drug-likeness (QED) is 0.0267. The van der Waals surface area contributed by atoms with E-state index in [4.69, 9.17) is 46.0 Å². The van der Waals surface area contributed by atoms with Gasteiger partial charge in [0.2, 0.25) is 17.7 Å². The highest BCUT2D eigenvalue weighted by molar-refractivity contribution is 7.13. The molecule has 2 bridgehead atoms. The number of benzene rings is 2. The van der Waals surface area contributed by atoms with Gasteiger partial charge in [-0.2, -0.15) is 23.1 Å². The summed E-state index contributed by atoms with van der Waals surface area (Å²) in [4.78, 5) is 65.2. The lowest BCUT2D eigenvalue weighted by Crippen LogP contribution is -2.58. The molecule has 7 heterocycles.